The van der Waals surface area contributed by atoms with E-state index in [1.54, 1.807) is 4.68 Å². The van der Waals surface area contributed by atoms with E-state index in [4.69, 9.17) is 0 Å². The normalized spacial score (nSPS) is 22.4. The highest BCUT2D eigenvalue weighted by Gasteiger charge is 2.56. The molecule has 0 saturated carbocycles. The monoisotopic (exact) mass is 357 g/mol. The molecule has 26 heavy (non-hydrogen) atoms. The van der Waals surface area contributed by atoms with Crippen LogP contribution in [0.3, 0.4) is 0 Å². The molecule has 8 heteroatoms. The Balaban J connectivity index is 1.52. The Morgan fingerprint density at radius 3 is 2.62 bits per heavy atom. The molecule has 2 aromatic rings. The molecule has 2 saturated heterocycles. The van der Waals surface area contributed by atoms with E-state index >= 15 is 0 Å². The summed E-state index contributed by atoms with van der Waals surface area (Å²) in [6.07, 6.45) is 0. The highest BCUT2D eigenvalue weighted by atomic mass is 16.2. The Hall–Kier alpha value is -2.22. The van der Waals surface area contributed by atoms with Crippen LogP contribution in [-0.2, 0) is 7.05 Å². The van der Waals surface area contributed by atoms with Gasteiger partial charge in [-0.1, -0.05) is 13.8 Å². The second-order valence-corrected chi connectivity index (χ2v) is 8.28. The molecule has 2 aliphatic rings. The Morgan fingerprint density at radius 1 is 1.31 bits per heavy atom. The summed E-state index contributed by atoms with van der Waals surface area (Å²) in [6.45, 7) is 9.50. The quantitative estimate of drug-likeness (QED) is 0.891. The van der Waals surface area contributed by atoms with Crippen LogP contribution in [0.25, 0.3) is 0 Å². The van der Waals surface area contributed by atoms with Crippen molar-refractivity contribution in [3.8, 4) is 0 Å². The molecule has 4 heterocycles. The third-order valence-corrected chi connectivity index (χ3v) is 5.75. The minimum absolute atomic E-state index is 0.0541. The van der Waals surface area contributed by atoms with Gasteiger partial charge in [-0.05, 0) is 26.0 Å². The maximum atomic E-state index is 13.0. The van der Waals surface area contributed by atoms with Gasteiger partial charge in [0, 0.05) is 44.6 Å². The lowest BCUT2D eigenvalue weighted by Gasteiger charge is -2.50. The molecule has 0 aromatic carbocycles. The number of rotatable bonds is 3. The average Bonchev–Trinajstić information content (AvgIpc) is 3.21. The number of aromatic amines is 1. The van der Waals surface area contributed by atoms with E-state index in [0.717, 1.165) is 43.5 Å². The standard InChI is InChI=1S/C18H27N7O/c1-11(2)14-6-15(24(5)22-14)17(26)25-9-18(10-25)8-23(4)7-13(18)16-19-12(3)20-21-16/h6,11,13H,7-10H2,1-5H3,(H,19,20,21). The molecule has 1 N–H and O–H groups in total. The van der Waals surface area contributed by atoms with E-state index in [1.165, 1.54) is 0 Å². The maximum absolute atomic E-state index is 13.0. The summed E-state index contributed by atoms with van der Waals surface area (Å²) in [4.78, 5) is 21.8. The fourth-order valence-electron chi connectivity index (χ4n) is 4.40. The number of nitrogens with one attached hydrogen (secondary N) is 1. The van der Waals surface area contributed by atoms with Gasteiger partial charge in [0.1, 0.15) is 11.5 Å². The zero-order valence-corrected chi connectivity index (χ0v) is 16.2. The Bertz CT molecular complexity index is 830. The van der Waals surface area contributed by atoms with Crippen molar-refractivity contribution in [2.75, 3.05) is 33.2 Å². The lowest BCUT2D eigenvalue weighted by molar-refractivity contribution is 0.00220. The number of likely N-dealkylation sites (N-methyl/N-ethyl adjacent to an activating group) is 1. The molecule has 1 unspecified atom stereocenters. The number of hydrogen-bond donors (Lipinski definition) is 1. The van der Waals surface area contributed by atoms with Crippen molar-refractivity contribution in [3.05, 3.63) is 29.1 Å². The summed E-state index contributed by atoms with van der Waals surface area (Å²) in [6, 6.07) is 1.93. The third-order valence-electron chi connectivity index (χ3n) is 5.75. The first-order valence-electron chi connectivity index (χ1n) is 9.20. The molecular weight excluding hydrogens is 330 g/mol. The molecule has 2 aliphatic heterocycles. The van der Waals surface area contributed by atoms with Gasteiger partial charge in [0.25, 0.3) is 5.91 Å². The molecule has 4 rings (SSSR count). The van der Waals surface area contributed by atoms with Gasteiger partial charge in [-0.2, -0.15) is 10.2 Å². The first-order valence-corrected chi connectivity index (χ1v) is 9.20. The van der Waals surface area contributed by atoms with E-state index < -0.39 is 0 Å². The van der Waals surface area contributed by atoms with Crippen LogP contribution in [0.15, 0.2) is 6.07 Å². The van der Waals surface area contributed by atoms with Crippen molar-refractivity contribution in [3.63, 3.8) is 0 Å². The number of H-pyrrole nitrogens is 1. The summed E-state index contributed by atoms with van der Waals surface area (Å²) in [5, 5.41) is 11.8. The lowest BCUT2D eigenvalue weighted by Crippen LogP contribution is -2.61. The van der Waals surface area contributed by atoms with Crippen molar-refractivity contribution < 1.29 is 4.79 Å². The van der Waals surface area contributed by atoms with Crippen LogP contribution >= 0.6 is 0 Å². The number of carbonyl (C=O) groups excluding carboxylic acids is 1. The predicted molar refractivity (Wildman–Crippen MR) is 97.0 cm³/mol. The molecular formula is C18H27N7O. The maximum Gasteiger partial charge on any atom is 0.272 e. The minimum atomic E-state index is 0.0541. The first kappa shape index (κ1) is 17.2. The van der Waals surface area contributed by atoms with Crippen molar-refractivity contribution in [1.29, 1.82) is 0 Å². The van der Waals surface area contributed by atoms with E-state index in [0.29, 0.717) is 11.6 Å². The van der Waals surface area contributed by atoms with Gasteiger partial charge in [0.05, 0.1) is 5.69 Å². The van der Waals surface area contributed by atoms with Crippen molar-refractivity contribution in [1.82, 2.24) is 34.8 Å². The molecule has 0 bridgehead atoms. The summed E-state index contributed by atoms with van der Waals surface area (Å²) in [5.41, 5.74) is 1.68. The zero-order chi connectivity index (χ0) is 18.6. The Morgan fingerprint density at radius 2 is 2.04 bits per heavy atom. The molecule has 1 amide bonds. The topological polar surface area (TPSA) is 82.9 Å². The van der Waals surface area contributed by atoms with Crippen LogP contribution in [0.2, 0.25) is 0 Å². The third kappa shape index (κ3) is 2.63. The van der Waals surface area contributed by atoms with E-state index in [9.17, 15) is 4.79 Å². The SMILES string of the molecule is Cc1nc(C2CN(C)CC23CN(C(=O)c2cc(C(C)C)nn2C)C3)n[nH]1. The summed E-state index contributed by atoms with van der Waals surface area (Å²) >= 11 is 0. The Labute approximate surface area is 153 Å². The molecule has 2 aromatic heterocycles. The van der Waals surface area contributed by atoms with E-state index in [2.05, 4.69) is 46.1 Å². The van der Waals surface area contributed by atoms with Gasteiger partial charge in [0.15, 0.2) is 5.82 Å². The van der Waals surface area contributed by atoms with Crippen LogP contribution < -0.4 is 0 Å². The highest BCUT2D eigenvalue weighted by Crippen LogP contribution is 2.48. The molecule has 8 nitrogen and oxygen atoms in total. The summed E-state index contributed by atoms with van der Waals surface area (Å²) < 4.78 is 1.71. The van der Waals surface area contributed by atoms with Gasteiger partial charge in [-0.3, -0.25) is 14.6 Å². The molecule has 0 aliphatic carbocycles. The minimum Gasteiger partial charge on any atom is -0.336 e. The first-order chi connectivity index (χ1) is 12.3. The number of carbonyl (C=O) groups is 1. The van der Waals surface area contributed by atoms with Crippen LogP contribution in [-0.4, -0.2) is 73.9 Å². The van der Waals surface area contributed by atoms with Gasteiger partial charge < -0.3 is 9.80 Å². The summed E-state index contributed by atoms with van der Waals surface area (Å²) in [7, 11) is 3.97. The number of likely N-dealkylation sites (tertiary alicyclic amines) is 2. The van der Waals surface area contributed by atoms with Crippen LogP contribution in [0.5, 0.6) is 0 Å². The molecule has 1 atom stereocenters. The lowest BCUT2D eigenvalue weighted by atomic mass is 9.71. The molecule has 140 valence electrons. The number of aromatic nitrogens is 5. The fraction of sp³-hybridized carbons (Fsp3) is 0.667. The van der Waals surface area contributed by atoms with Gasteiger partial charge >= 0.3 is 0 Å². The van der Waals surface area contributed by atoms with Crippen molar-refractivity contribution in [2.24, 2.45) is 12.5 Å². The largest absolute Gasteiger partial charge is 0.336 e. The van der Waals surface area contributed by atoms with Crippen molar-refractivity contribution >= 4 is 5.91 Å². The van der Waals surface area contributed by atoms with Crippen molar-refractivity contribution in [2.45, 2.75) is 32.6 Å². The fourth-order valence-corrected chi connectivity index (χ4v) is 4.40. The highest BCUT2D eigenvalue weighted by molar-refractivity contribution is 5.93. The predicted octanol–water partition coefficient (Wildman–Crippen LogP) is 1.14. The number of amides is 1. The van der Waals surface area contributed by atoms with Crippen LogP contribution in [0.4, 0.5) is 0 Å². The number of nitrogens with zero attached hydrogens (tertiary/aromatic N) is 6. The van der Waals surface area contributed by atoms with Gasteiger partial charge in [0.2, 0.25) is 0 Å². The van der Waals surface area contributed by atoms with Crippen LogP contribution in [0.1, 0.15) is 53.5 Å². The second-order valence-electron chi connectivity index (χ2n) is 8.28. The van der Waals surface area contributed by atoms with E-state index in [1.807, 2.05) is 24.9 Å². The van der Waals surface area contributed by atoms with Gasteiger partial charge in [-0.15, -0.1) is 0 Å². The molecule has 2 fully saturated rings. The molecule has 1 spiro atoms. The zero-order valence-electron chi connectivity index (χ0n) is 16.2. The molecule has 0 radical (unpaired) electrons. The number of aryl methyl sites for hydroxylation is 2. The Kier molecular flexibility index (Phi) is 3.91. The van der Waals surface area contributed by atoms with E-state index in [-0.39, 0.29) is 17.2 Å². The summed E-state index contributed by atoms with van der Waals surface area (Å²) in [5.74, 6) is 2.36. The number of hydrogen-bond acceptors (Lipinski definition) is 5. The average molecular weight is 357 g/mol. The van der Waals surface area contributed by atoms with Gasteiger partial charge in [-0.25, -0.2) is 4.98 Å². The second kappa shape index (κ2) is 5.90. The van der Waals surface area contributed by atoms with Crippen LogP contribution in [0, 0.1) is 12.3 Å². The smallest absolute Gasteiger partial charge is 0.272 e.